The second-order valence-corrected chi connectivity index (χ2v) is 7.62. The molecule has 0 spiro atoms. The molecule has 0 bridgehead atoms. The third kappa shape index (κ3) is 4.77. The Morgan fingerprint density at radius 3 is 2.69 bits per heavy atom. The molecule has 1 aliphatic carbocycles. The first-order valence-electron chi connectivity index (χ1n) is 9.99. The standard InChI is InChI=1S/C21H31N3O2/c1-23(15-16-24-14-8-7-13-20(24)25)21(26)22-19-12-6-5-11-18(19)17-9-3-2-4-10-17/h2-4,9-10,18-19H,5-8,11-16H2,1H3,(H,22,26)/t18-,19+/m0/s1. The van der Waals surface area contributed by atoms with Gasteiger partial charge in [0.15, 0.2) is 0 Å². The molecule has 26 heavy (non-hydrogen) atoms. The Morgan fingerprint density at radius 2 is 1.92 bits per heavy atom. The largest absolute Gasteiger partial charge is 0.341 e. The Kier molecular flexibility index (Phi) is 6.53. The Labute approximate surface area is 156 Å². The number of likely N-dealkylation sites (N-methyl/N-ethyl adjacent to an activating group) is 1. The first-order chi connectivity index (χ1) is 12.6. The van der Waals surface area contributed by atoms with Crippen molar-refractivity contribution >= 4 is 11.9 Å². The molecule has 0 radical (unpaired) electrons. The second kappa shape index (κ2) is 9.06. The van der Waals surface area contributed by atoms with E-state index >= 15 is 0 Å². The van der Waals surface area contributed by atoms with Crippen molar-refractivity contribution in [3.63, 3.8) is 0 Å². The van der Waals surface area contributed by atoms with E-state index in [4.69, 9.17) is 0 Å². The van der Waals surface area contributed by atoms with Gasteiger partial charge in [0.05, 0.1) is 0 Å². The number of nitrogens with one attached hydrogen (secondary N) is 1. The van der Waals surface area contributed by atoms with E-state index in [1.54, 1.807) is 4.90 Å². The van der Waals surface area contributed by atoms with Crippen molar-refractivity contribution in [2.75, 3.05) is 26.7 Å². The highest BCUT2D eigenvalue weighted by Crippen LogP contribution is 2.33. The summed E-state index contributed by atoms with van der Waals surface area (Å²) in [4.78, 5) is 28.2. The number of carbonyl (C=O) groups excluding carboxylic acids is 2. The zero-order chi connectivity index (χ0) is 18.4. The van der Waals surface area contributed by atoms with Crippen LogP contribution in [0.3, 0.4) is 0 Å². The lowest BCUT2D eigenvalue weighted by Gasteiger charge is -2.34. The summed E-state index contributed by atoms with van der Waals surface area (Å²) in [6.07, 6.45) is 7.26. The minimum absolute atomic E-state index is 0.0257. The van der Waals surface area contributed by atoms with E-state index < -0.39 is 0 Å². The van der Waals surface area contributed by atoms with E-state index in [1.807, 2.05) is 18.0 Å². The summed E-state index contributed by atoms with van der Waals surface area (Å²) in [5, 5.41) is 3.25. The molecule has 3 rings (SSSR count). The maximum atomic E-state index is 12.7. The fraction of sp³-hybridized carbons (Fsp3) is 0.619. The number of piperidine rings is 1. The van der Waals surface area contributed by atoms with Gasteiger partial charge >= 0.3 is 6.03 Å². The van der Waals surface area contributed by atoms with Crippen molar-refractivity contribution in [2.45, 2.75) is 56.9 Å². The van der Waals surface area contributed by atoms with Crippen LogP contribution in [0.15, 0.2) is 30.3 Å². The lowest BCUT2D eigenvalue weighted by Crippen LogP contribution is -2.49. The quantitative estimate of drug-likeness (QED) is 0.878. The predicted molar refractivity (Wildman–Crippen MR) is 103 cm³/mol. The maximum Gasteiger partial charge on any atom is 0.317 e. The van der Waals surface area contributed by atoms with Crippen LogP contribution in [0.1, 0.15) is 56.4 Å². The Bertz CT molecular complexity index is 605. The van der Waals surface area contributed by atoms with E-state index in [0.717, 1.165) is 32.2 Å². The molecule has 5 heteroatoms. The van der Waals surface area contributed by atoms with Crippen LogP contribution in [-0.4, -0.2) is 54.5 Å². The molecule has 1 saturated carbocycles. The van der Waals surface area contributed by atoms with Crippen molar-refractivity contribution in [1.29, 1.82) is 0 Å². The minimum atomic E-state index is -0.0257. The van der Waals surface area contributed by atoms with Crippen molar-refractivity contribution in [2.24, 2.45) is 0 Å². The van der Waals surface area contributed by atoms with E-state index in [2.05, 4.69) is 29.6 Å². The third-order valence-electron chi connectivity index (χ3n) is 5.78. The fourth-order valence-corrected chi connectivity index (χ4v) is 4.14. The van der Waals surface area contributed by atoms with Gasteiger partial charge in [-0.3, -0.25) is 4.79 Å². The Hall–Kier alpha value is -2.04. The topological polar surface area (TPSA) is 52.7 Å². The van der Waals surface area contributed by atoms with Gasteiger partial charge in [-0.2, -0.15) is 0 Å². The van der Waals surface area contributed by atoms with Crippen LogP contribution in [0.25, 0.3) is 0 Å². The van der Waals surface area contributed by atoms with E-state index in [-0.39, 0.29) is 18.0 Å². The van der Waals surface area contributed by atoms with Crippen LogP contribution >= 0.6 is 0 Å². The summed E-state index contributed by atoms with van der Waals surface area (Å²) in [5.74, 6) is 0.618. The fourth-order valence-electron chi connectivity index (χ4n) is 4.14. The molecule has 5 nitrogen and oxygen atoms in total. The highest BCUT2D eigenvalue weighted by molar-refractivity contribution is 5.77. The number of benzene rings is 1. The van der Waals surface area contributed by atoms with Crippen LogP contribution < -0.4 is 5.32 Å². The summed E-state index contributed by atoms with van der Waals surface area (Å²) < 4.78 is 0. The molecule has 1 saturated heterocycles. The number of amides is 3. The second-order valence-electron chi connectivity index (χ2n) is 7.62. The smallest absolute Gasteiger partial charge is 0.317 e. The van der Waals surface area contributed by atoms with Crippen LogP contribution in [0.5, 0.6) is 0 Å². The summed E-state index contributed by atoms with van der Waals surface area (Å²) in [5.41, 5.74) is 1.32. The lowest BCUT2D eigenvalue weighted by atomic mass is 9.80. The van der Waals surface area contributed by atoms with Crippen molar-refractivity contribution in [3.05, 3.63) is 35.9 Å². The van der Waals surface area contributed by atoms with Gasteiger partial charge in [-0.05, 0) is 31.2 Å². The average molecular weight is 357 g/mol. The lowest BCUT2D eigenvalue weighted by molar-refractivity contribution is -0.133. The van der Waals surface area contributed by atoms with Gasteiger partial charge in [0.25, 0.3) is 0 Å². The number of nitrogens with zero attached hydrogens (tertiary/aromatic N) is 2. The number of rotatable bonds is 5. The normalized spacial score (nSPS) is 23.6. The van der Waals surface area contributed by atoms with Crippen molar-refractivity contribution in [1.82, 2.24) is 15.1 Å². The predicted octanol–water partition coefficient (Wildman–Crippen LogP) is 3.37. The summed E-state index contributed by atoms with van der Waals surface area (Å²) in [6, 6.07) is 10.7. The average Bonchev–Trinajstić information content (AvgIpc) is 2.68. The van der Waals surface area contributed by atoms with Gasteiger partial charge in [-0.1, -0.05) is 43.2 Å². The summed E-state index contributed by atoms with van der Waals surface area (Å²) >= 11 is 0. The van der Waals surface area contributed by atoms with E-state index in [9.17, 15) is 9.59 Å². The van der Waals surface area contributed by atoms with E-state index in [0.29, 0.717) is 25.4 Å². The van der Waals surface area contributed by atoms with Gasteiger partial charge in [-0.25, -0.2) is 4.79 Å². The van der Waals surface area contributed by atoms with E-state index in [1.165, 1.54) is 18.4 Å². The number of hydrogen-bond donors (Lipinski definition) is 1. The van der Waals surface area contributed by atoms with Gasteiger partial charge in [-0.15, -0.1) is 0 Å². The molecular weight excluding hydrogens is 326 g/mol. The Balaban J connectivity index is 1.52. The minimum Gasteiger partial charge on any atom is -0.341 e. The monoisotopic (exact) mass is 357 g/mol. The summed E-state index contributed by atoms with van der Waals surface area (Å²) in [7, 11) is 1.82. The molecule has 2 aliphatic rings. The van der Waals surface area contributed by atoms with Crippen LogP contribution in [0.2, 0.25) is 0 Å². The zero-order valence-electron chi connectivity index (χ0n) is 15.8. The van der Waals surface area contributed by atoms with Crippen molar-refractivity contribution < 1.29 is 9.59 Å². The highest BCUT2D eigenvalue weighted by Gasteiger charge is 2.28. The SMILES string of the molecule is CN(CCN1CCCCC1=O)C(=O)N[C@@H]1CCCC[C@H]1c1ccccc1. The maximum absolute atomic E-state index is 12.7. The Morgan fingerprint density at radius 1 is 1.15 bits per heavy atom. The highest BCUT2D eigenvalue weighted by atomic mass is 16.2. The van der Waals surface area contributed by atoms with Gasteiger partial charge in [0, 0.05) is 45.1 Å². The first-order valence-corrected chi connectivity index (χ1v) is 9.99. The van der Waals surface area contributed by atoms with Crippen LogP contribution in [-0.2, 0) is 4.79 Å². The zero-order valence-corrected chi connectivity index (χ0v) is 15.8. The number of carbonyl (C=O) groups is 2. The summed E-state index contributed by atoms with van der Waals surface area (Å²) in [6.45, 7) is 2.04. The van der Waals surface area contributed by atoms with Crippen LogP contribution in [0.4, 0.5) is 4.79 Å². The van der Waals surface area contributed by atoms with Crippen molar-refractivity contribution in [3.8, 4) is 0 Å². The first kappa shape index (κ1) is 18.7. The molecule has 2 fully saturated rings. The van der Waals surface area contributed by atoms with Gasteiger partial charge < -0.3 is 15.1 Å². The molecule has 1 N–H and O–H groups in total. The molecule has 0 unspecified atom stereocenters. The molecule has 2 atom stereocenters. The molecular formula is C21H31N3O2. The molecule has 0 aromatic heterocycles. The van der Waals surface area contributed by atoms with Gasteiger partial charge in [0.2, 0.25) is 5.91 Å². The number of urea groups is 1. The van der Waals surface area contributed by atoms with Gasteiger partial charge in [0.1, 0.15) is 0 Å². The molecule has 3 amide bonds. The molecule has 1 aromatic carbocycles. The molecule has 1 heterocycles. The molecule has 1 aliphatic heterocycles. The van der Waals surface area contributed by atoms with Crippen LogP contribution in [0, 0.1) is 0 Å². The number of likely N-dealkylation sites (tertiary alicyclic amines) is 1. The number of hydrogen-bond acceptors (Lipinski definition) is 2. The molecule has 142 valence electrons. The third-order valence-corrected chi connectivity index (χ3v) is 5.78. The molecule has 1 aromatic rings.